The SMILES string of the molecule is CCN(CCCNC(=O)C1CCN(c2ncnc3c2nc2n3CCCCC2)CC1)c1cccc(C)c1. The molecule has 0 unspecified atom stereocenters. The minimum absolute atomic E-state index is 0.0661. The highest BCUT2D eigenvalue weighted by Gasteiger charge is 2.28. The van der Waals surface area contributed by atoms with Gasteiger partial charge in [0.2, 0.25) is 5.91 Å². The Morgan fingerprint density at radius 2 is 2.00 bits per heavy atom. The van der Waals surface area contributed by atoms with E-state index in [1.165, 1.54) is 30.5 Å². The first-order chi connectivity index (χ1) is 17.6. The summed E-state index contributed by atoms with van der Waals surface area (Å²) in [5, 5.41) is 3.19. The lowest BCUT2D eigenvalue weighted by Gasteiger charge is -2.32. The molecule has 0 bridgehead atoms. The third-order valence-electron chi connectivity index (χ3n) is 7.69. The number of nitrogens with zero attached hydrogens (tertiary/aromatic N) is 6. The Morgan fingerprint density at radius 1 is 1.14 bits per heavy atom. The van der Waals surface area contributed by atoms with Gasteiger partial charge in [0.05, 0.1) is 0 Å². The summed E-state index contributed by atoms with van der Waals surface area (Å²) in [7, 11) is 0. The van der Waals surface area contributed by atoms with Crippen LogP contribution in [-0.2, 0) is 17.8 Å². The molecule has 8 heteroatoms. The number of carbonyl (C=O) groups excluding carboxylic acids is 1. The Labute approximate surface area is 214 Å². The molecule has 1 saturated heterocycles. The zero-order chi connectivity index (χ0) is 24.9. The molecular weight excluding hydrogens is 450 g/mol. The second-order valence-corrected chi connectivity index (χ2v) is 10.2. The minimum Gasteiger partial charge on any atom is -0.372 e. The molecule has 2 aliphatic rings. The van der Waals surface area contributed by atoms with Crippen LogP contribution in [0.25, 0.3) is 11.2 Å². The smallest absolute Gasteiger partial charge is 0.223 e. The Morgan fingerprint density at radius 3 is 2.81 bits per heavy atom. The molecule has 1 fully saturated rings. The van der Waals surface area contributed by atoms with E-state index < -0.39 is 0 Å². The molecule has 2 aromatic heterocycles. The van der Waals surface area contributed by atoms with Gasteiger partial charge in [-0.1, -0.05) is 18.6 Å². The van der Waals surface area contributed by atoms with Crippen molar-refractivity contribution in [2.45, 2.75) is 65.3 Å². The van der Waals surface area contributed by atoms with Crippen LogP contribution in [-0.4, -0.2) is 58.1 Å². The zero-order valence-electron chi connectivity index (χ0n) is 21.7. The van der Waals surface area contributed by atoms with Crippen LogP contribution in [0.5, 0.6) is 0 Å². The number of fused-ring (bicyclic) bond motifs is 3. The Hall–Kier alpha value is -3.16. The molecule has 36 heavy (non-hydrogen) atoms. The summed E-state index contributed by atoms with van der Waals surface area (Å²) >= 11 is 0. The summed E-state index contributed by atoms with van der Waals surface area (Å²) in [5.74, 6) is 2.32. The first-order valence-corrected chi connectivity index (χ1v) is 13.7. The van der Waals surface area contributed by atoms with Gasteiger partial charge in [0.15, 0.2) is 17.0 Å². The van der Waals surface area contributed by atoms with Crippen molar-refractivity contribution in [1.29, 1.82) is 0 Å². The van der Waals surface area contributed by atoms with E-state index in [0.717, 1.165) is 81.2 Å². The monoisotopic (exact) mass is 489 g/mol. The van der Waals surface area contributed by atoms with Crippen LogP contribution >= 0.6 is 0 Å². The van der Waals surface area contributed by atoms with E-state index >= 15 is 0 Å². The molecule has 8 nitrogen and oxygen atoms in total. The lowest BCUT2D eigenvalue weighted by Crippen LogP contribution is -2.41. The fraction of sp³-hybridized carbons (Fsp3) is 0.571. The van der Waals surface area contributed by atoms with E-state index in [0.29, 0.717) is 6.54 Å². The van der Waals surface area contributed by atoms with Crippen molar-refractivity contribution in [3.8, 4) is 0 Å². The second kappa shape index (κ2) is 11.3. The van der Waals surface area contributed by atoms with Gasteiger partial charge in [-0.25, -0.2) is 15.0 Å². The quantitative estimate of drug-likeness (QED) is 0.480. The van der Waals surface area contributed by atoms with Gasteiger partial charge in [0, 0.05) is 57.3 Å². The number of nitrogens with one attached hydrogen (secondary N) is 1. The van der Waals surface area contributed by atoms with E-state index in [9.17, 15) is 4.79 Å². The highest BCUT2D eigenvalue weighted by Crippen LogP contribution is 2.29. The summed E-state index contributed by atoms with van der Waals surface area (Å²) < 4.78 is 2.28. The predicted octanol–water partition coefficient (Wildman–Crippen LogP) is 4.11. The van der Waals surface area contributed by atoms with Crippen molar-refractivity contribution in [1.82, 2.24) is 24.8 Å². The third kappa shape index (κ3) is 5.32. The number of hydrogen-bond donors (Lipinski definition) is 1. The predicted molar refractivity (Wildman–Crippen MR) is 145 cm³/mol. The van der Waals surface area contributed by atoms with Crippen molar-refractivity contribution < 1.29 is 4.79 Å². The number of aromatic nitrogens is 4. The third-order valence-corrected chi connectivity index (χ3v) is 7.69. The highest BCUT2D eigenvalue weighted by atomic mass is 16.1. The Bertz CT molecular complexity index is 1180. The molecule has 0 atom stereocenters. The number of amides is 1. The fourth-order valence-corrected chi connectivity index (χ4v) is 5.63. The molecule has 5 rings (SSSR count). The van der Waals surface area contributed by atoms with Crippen molar-refractivity contribution in [3.63, 3.8) is 0 Å². The van der Waals surface area contributed by atoms with Crippen LogP contribution in [0.4, 0.5) is 11.5 Å². The number of benzene rings is 1. The summed E-state index contributed by atoms with van der Waals surface area (Å²) in [6.07, 6.45) is 8.93. The maximum atomic E-state index is 12.9. The number of piperidine rings is 1. The van der Waals surface area contributed by atoms with Crippen molar-refractivity contribution in [2.24, 2.45) is 5.92 Å². The molecule has 1 amide bonds. The number of rotatable bonds is 8. The van der Waals surface area contributed by atoms with E-state index in [-0.39, 0.29) is 11.8 Å². The highest BCUT2D eigenvalue weighted by molar-refractivity contribution is 5.84. The molecule has 0 saturated carbocycles. The number of carbonyl (C=O) groups is 1. The first-order valence-electron chi connectivity index (χ1n) is 13.7. The fourth-order valence-electron chi connectivity index (χ4n) is 5.63. The Balaban J connectivity index is 1.12. The molecule has 1 N–H and O–H groups in total. The number of aryl methyl sites for hydroxylation is 3. The lowest BCUT2D eigenvalue weighted by molar-refractivity contribution is -0.125. The molecule has 0 spiro atoms. The van der Waals surface area contributed by atoms with E-state index in [1.807, 2.05) is 0 Å². The molecular formula is C28H39N7O. The van der Waals surface area contributed by atoms with Crippen molar-refractivity contribution in [2.75, 3.05) is 42.5 Å². The topological polar surface area (TPSA) is 79.2 Å². The van der Waals surface area contributed by atoms with Gasteiger partial charge in [0.1, 0.15) is 12.2 Å². The number of anilines is 2. The largest absolute Gasteiger partial charge is 0.372 e. The van der Waals surface area contributed by atoms with Crippen LogP contribution < -0.4 is 15.1 Å². The standard InChI is InChI=1S/C28H39N7O/c1-3-33(23-10-7-9-21(2)19-23)15-8-14-29-28(36)22-12-17-34(18-13-22)26-25-27(31-20-30-26)35-16-6-4-5-11-24(35)32-25/h7,9-10,19-20,22H,3-6,8,11-18H2,1-2H3,(H,29,36). The summed E-state index contributed by atoms with van der Waals surface area (Å²) in [6.45, 7) is 9.57. The average molecular weight is 490 g/mol. The first kappa shape index (κ1) is 24.5. The van der Waals surface area contributed by atoms with Crippen molar-refractivity contribution >= 4 is 28.6 Å². The maximum Gasteiger partial charge on any atom is 0.223 e. The average Bonchev–Trinajstić information content (AvgIpc) is 3.09. The van der Waals surface area contributed by atoms with E-state index in [4.69, 9.17) is 4.98 Å². The van der Waals surface area contributed by atoms with Crippen LogP contribution in [0.3, 0.4) is 0 Å². The van der Waals surface area contributed by atoms with Gasteiger partial charge < -0.3 is 19.7 Å². The van der Waals surface area contributed by atoms with Crippen LogP contribution in [0.1, 0.15) is 56.8 Å². The number of imidazole rings is 1. The van der Waals surface area contributed by atoms with Gasteiger partial charge in [-0.2, -0.15) is 0 Å². The van der Waals surface area contributed by atoms with E-state index in [2.05, 4.69) is 67.8 Å². The van der Waals surface area contributed by atoms with E-state index in [1.54, 1.807) is 6.33 Å². The maximum absolute atomic E-state index is 12.9. The van der Waals surface area contributed by atoms with Crippen LogP contribution in [0.15, 0.2) is 30.6 Å². The van der Waals surface area contributed by atoms with Gasteiger partial charge >= 0.3 is 0 Å². The van der Waals surface area contributed by atoms with Gasteiger partial charge in [0.25, 0.3) is 0 Å². The number of hydrogen-bond acceptors (Lipinski definition) is 6. The molecule has 3 aromatic rings. The summed E-state index contributed by atoms with van der Waals surface area (Å²) in [5.41, 5.74) is 4.41. The van der Waals surface area contributed by atoms with Crippen molar-refractivity contribution in [3.05, 3.63) is 42.0 Å². The molecule has 0 aliphatic carbocycles. The minimum atomic E-state index is 0.0661. The molecule has 192 valence electrons. The lowest BCUT2D eigenvalue weighted by atomic mass is 9.96. The normalized spacial score (nSPS) is 16.6. The van der Waals surface area contributed by atoms with Crippen LogP contribution in [0.2, 0.25) is 0 Å². The van der Waals surface area contributed by atoms with Gasteiger partial charge in [-0.15, -0.1) is 0 Å². The summed E-state index contributed by atoms with van der Waals surface area (Å²) in [6, 6.07) is 8.62. The molecule has 4 heterocycles. The Kier molecular flexibility index (Phi) is 7.68. The van der Waals surface area contributed by atoms with Crippen LogP contribution in [0, 0.1) is 12.8 Å². The molecule has 0 radical (unpaired) electrons. The second-order valence-electron chi connectivity index (χ2n) is 10.2. The van der Waals surface area contributed by atoms with Gasteiger partial charge in [-0.05, 0) is 63.6 Å². The zero-order valence-corrected chi connectivity index (χ0v) is 21.7. The molecule has 1 aromatic carbocycles. The summed E-state index contributed by atoms with van der Waals surface area (Å²) in [4.78, 5) is 31.7. The van der Waals surface area contributed by atoms with Gasteiger partial charge in [-0.3, -0.25) is 4.79 Å². The molecule has 2 aliphatic heterocycles.